The van der Waals surface area contributed by atoms with Crippen LogP contribution in [-0.2, 0) is 13.1 Å². The first-order valence-electron chi connectivity index (χ1n) is 13.2. The standard InChI is InChI=1S/C28H31BrN8O2/c29-23-17-31-27-24(25(23)36-12-8-35(9-13-36)19-21-2-1-7-30-16-21)32-26(33-27)22-5-3-20(4-6-22)18-34-10-14-37(15-11-34)28(38)39/h1-7,16-17H,8-15,18-19H2,(H,38,39)(H,31,32,33). The molecule has 0 unspecified atom stereocenters. The summed E-state index contributed by atoms with van der Waals surface area (Å²) in [6.07, 6.45) is 4.76. The van der Waals surface area contributed by atoms with E-state index in [9.17, 15) is 4.79 Å². The van der Waals surface area contributed by atoms with Crippen molar-refractivity contribution >= 4 is 38.9 Å². The zero-order valence-electron chi connectivity index (χ0n) is 21.6. The fourth-order valence-electron chi connectivity index (χ4n) is 5.37. The molecule has 2 fully saturated rings. The van der Waals surface area contributed by atoms with E-state index in [-0.39, 0.29) is 0 Å². The van der Waals surface area contributed by atoms with Gasteiger partial charge in [-0.25, -0.2) is 14.8 Å². The third kappa shape index (κ3) is 5.75. The molecular weight excluding hydrogens is 560 g/mol. The summed E-state index contributed by atoms with van der Waals surface area (Å²) < 4.78 is 0.962. The number of pyridine rings is 2. The van der Waals surface area contributed by atoms with Crippen molar-refractivity contribution in [3.05, 3.63) is 70.6 Å². The number of amides is 1. The summed E-state index contributed by atoms with van der Waals surface area (Å²) in [5.41, 5.74) is 6.21. The molecular formula is C28H31BrN8O2. The zero-order chi connectivity index (χ0) is 26.8. The highest BCUT2D eigenvalue weighted by molar-refractivity contribution is 9.10. The Balaban J connectivity index is 1.14. The predicted molar refractivity (Wildman–Crippen MR) is 154 cm³/mol. The second-order valence-electron chi connectivity index (χ2n) is 10.1. The predicted octanol–water partition coefficient (Wildman–Crippen LogP) is 3.90. The molecule has 5 heterocycles. The number of hydrogen-bond acceptors (Lipinski definition) is 7. The number of anilines is 1. The largest absolute Gasteiger partial charge is 0.465 e. The minimum atomic E-state index is -0.836. The first-order valence-corrected chi connectivity index (χ1v) is 14.0. The van der Waals surface area contributed by atoms with Crippen LogP contribution in [0.3, 0.4) is 0 Å². The Morgan fingerprint density at radius 2 is 1.59 bits per heavy atom. The van der Waals surface area contributed by atoms with Gasteiger partial charge >= 0.3 is 6.09 Å². The molecule has 0 radical (unpaired) electrons. The number of carboxylic acid groups (broad SMARTS) is 1. The first-order chi connectivity index (χ1) is 19.0. The minimum absolute atomic E-state index is 0.552. The van der Waals surface area contributed by atoms with E-state index in [4.69, 9.17) is 10.1 Å². The molecule has 1 amide bonds. The first kappa shape index (κ1) is 25.7. The number of nitrogens with zero attached hydrogens (tertiary/aromatic N) is 7. The SMILES string of the molecule is O=C(O)N1CCN(Cc2ccc(-c3nc4ncc(Br)c(N5CCN(Cc6cccnc6)CC5)c4[nH]3)cc2)CC1. The van der Waals surface area contributed by atoms with Crippen molar-refractivity contribution < 1.29 is 9.90 Å². The van der Waals surface area contributed by atoms with Gasteiger partial charge in [0.15, 0.2) is 5.65 Å². The van der Waals surface area contributed by atoms with Gasteiger partial charge in [0.1, 0.15) is 11.3 Å². The summed E-state index contributed by atoms with van der Waals surface area (Å²) in [5, 5.41) is 9.16. The van der Waals surface area contributed by atoms with Gasteiger partial charge in [-0.1, -0.05) is 30.3 Å². The Morgan fingerprint density at radius 1 is 0.897 bits per heavy atom. The van der Waals surface area contributed by atoms with Gasteiger partial charge in [0.25, 0.3) is 0 Å². The van der Waals surface area contributed by atoms with Gasteiger partial charge in [0.2, 0.25) is 0 Å². The van der Waals surface area contributed by atoms with Gasteiger partial charge < -0.3 is 19.9 Å². The van der Waals surface area contributed by atoms with Crippen LogP contribution in [0.25, 0.3) is 22.6 Å². The molecule has 3 aromatic heterocycles. The average Bonchev–Trinajstić information content (AvgIpc) is 3.39. The van der Waals surface area contributed by atoms with Crippen molar-refractivity contribution in [1.29, 1.82) is 0 Å². The lowest BCUT2D eigenvalue weighted by Gasteiger charge is -2.36. The Bertz CT molecular complexity index is 1430. The second-order valence-corrected chi connectivity index (χ2v) is 11.0. The smallest absolute Gasteiger partial charge is 0.407 e. The summed E-state index contributed by atoms with van der Waals surface area (Å²) in [6, 6.07) is 12.5. The van der Waals surface area contributed by atoms with E-state index in [1.54, 1.807) is 0 Å². The van der Waals surface area contributed by atoms with E-state index in [2.05, 4.69) is 75.9 Å². The molecule has 2 N–H and O–H groups in total. The van der Waals surface area contributed by atoms with Crippen molar-refractivity contribution in [3.8, 4) is 11.4 Å². The summed E-state index contributed by atoms with van der Waals surface area (Å²) in [4.78, 5) is 37.0. The number of benzene rings is 1. The molecule has 0 aliphatic carbocycles. The molecule has 39 heavy (non-hydrogen) atoms. The average molecular weight is 592 g/mol. The number of nitrogens with one attached hydrogen (secondary N) is 1. The molecule has 0 spiro atoms. The Kier molecular flexibility index (Phi) is 7.45. The van der Waals surface area contributed by atoms with Gasteiger partial charge in [0, 0.05) is 89.6 Å². The van der Waals surface area contributed by atoms with Gasteiger partial charge in [-0.05, 0) is 33.1 Å². The van der Waals surface area contributed by atoms with Crippen LogP contribution in [0.15, 0.2) is 59.5 Å². The minimum Gasteiger partial charge on any atom is -0.465 e. The lowest BCUT2D eigenvalue weighted by molar-refractivity contribution is 0.103. The highest BCUT2D eigenvalue weighted by Crippen LogP contribution is 2.34. The van der Waals surface area contributed by atoms with Gasteiger partial charge in [-0.3, -0.25) is 14.8 Å². The highest BCUT2D eigenvalue weighted by Gasteiger charge is 2.23. The zero-order valence-corrected chi connectivity index (χ0v) is 23.2. The van der Waals surface area contributed by atoms with Crippen LogP contribution in [0.2, 0.25) is 0 Å². The van der Waals surface area contributed by atoms with Crippen molar-refractivity contribution in [1.82, 2.24) is 34.6 Å². The summed E-state index contributed by atoms with van der Waals surface area (Å²) >= 11 is 3.74. The Morgan fingerprint density at radius 3 is 2.26 bits per heavy atom. The molecule has 4 aromatic rings. The van der Waals surface area contributed by atoms with E-state index in [1.807, 2.05) is 24.7 Å². The number of imidazole rings is 1. The number of H-pyrrole nitrogens is 1. The van der Waals surface area contributed by atoms with Gasteiger partial charge in [-0.2, -0.15) is 0 Å². The summed E-state index contributed by atoms with van der Waals surface area (Å²) in [5.74, 6) is 0.800. The number of hydrogen-bond donors (Lipinski definition) is 2. The third-order valence-electron chi connectivity index (χ3n) is 7.54. The van der Waals surface area contributed by atoms with Crippen LogP contribution < -0.4 is 4.90 Å². The lowest BCUT2D eigenvalue weighted by Crippen LogP contribution is -2.47. The number of fused-ring (bicyclic) bond motifs is 1. The third-order valence-corrected chi connectivity index (χ3v) is 8.12. The maximum Gasteiger partial charge on any atom is 0.407 e. The Labute approximate surface area is 235 Å². The van der Waals surface area contributed by atoms with Crippen molar-refractivity contribution in [3.63, 3.8) is 0 Å². The van der Waals surface area contributed by atoms with Crippen LogP contribution in [0.1, 0.15) is 11.1 Å². The maximum atomic E-state index is 11.1. The van der Waals surface area contributed by atoms with E-state index in [0.717, 1.165) is 79.4 Å². The van der Waals surface area contributed by atoms with Gasteiger partial charge in [-0.15, -0.1) is 0 Å². The number of aromatic amines is 1. The number of rotatable bonds is 6. The molecule has 202 valence electrons. The molecule has 2 saturated heterocycles. The molecule has 0 atom stereocenters. The van der Waals surface area contributed by atoms with Gasteiger partial charge in [0.05, 0.1) is 10.2 Å². The molecule has 11 heteroatoms. The number of piperazine rings is 2. The molecule has 2 aliphatic heterocycles. The van der Waals surface area contributed by atoms with Crippen LogP contribution in [0, 0.1) is 0 Å². The maximum absolute atomic E-state index is 11.1. The van der Waals surface area contributed by atoms with Crippen LogP contribution in [-0.4, -0.2) is 98.2 Å². The normalized spacial score (nSPS) is 17.2. The molecule has 6 rings (SSSR count). The number of aromatic nitrogens is 4. The van der Waals surface area contributed by atoms with E-state index < -0.39 is 6.09 Å². The van der Waals surface area contributed by atoms with E-state index in [0.29, 0.717) is 18.7 Å². The van der Waals surface area contributed by atoms with Crippen molar-refractivity contribution in [2.75, 3.05) is 57.3 Å². The monoisotopic (exact) mass is 590 g/mol. The molecule has 2 aliphatic rings. The summed E-state index contributed by atoms with van der Waals surface area (Å²) in [7, 11) is 0. The quantitative estimate of drug-likeness (QED) is 0.348. The van der Waals surface area contributed by atoms with E-state index in [1.165, 1.54) is 16.0 Å². The number of carbonyl (C=O) groups is 1. The van der Waals surface area contributed by atoms with Crippen LogP contribution in [0.4, 0.5) is 10.5 Å². The van der Waals surface area contributed by atoms with E-state index >= 15 is 0 Å². The highest BCUT2D eigenvalue weighted by atomic mass is 79.9. The molecule has 0 bridgehead atoms. The number of halogens is 1. The molecule has 1 aromatic carbocycles. The van der Waals surface area contributed by atoms with Crippen LogP contribution >= 0.6 is 15.9 Å². The Hall–Kier alpha value is -3.54. The fraction of sp³-hybridized carbons (Fsp3) is 0.357. The second kappa shape index (κ2) is 11.3. The van der Waals surface area contributed by atoms with Crippen molar-refractivity contribution in [2.24, 2.45) is 0 Å². The summed E-state index contributed by atoms with van der Waals surface area (Å²) in [6.45, 7) is 8.10. The fourth-order valence-corrected chi connectivity index (χ4v) is 5.92. The van der Waals surface area contributed by atoms with Crippen molar-refractivity contribution in [2.45, 2.75) is 13.1 Å². The molecule has 0 saturated carbocycles. The topological polar surface area (TPSA) is 105 Å². The lowest BCUT2D eigenvalue weighted by atomic mass is 10.1. The molecule has 10 nitrogen and oxygen atoms in total. The van der Waals surface area contributed by atoms with Crippen LogP contribution in [0.5, 0.6) is 0 Å².